The van der Waals surface area contributed by atoms with E-state index in [-0.39, 0.29) is 5.91 Å². The molecule has 3 aromatic rings. The summed E-state index contributed by atoms with van der Waals surface area (Å²) >= 11 is 0. The van der Waals surface area contributed by atoms with Crippen LogP contribution in [0.25, 0.3) is 11.4 Å². The first kappa shape index (κ1) is 19.6. The lowest BCUT2D eigenvalue weighted by molar-refractivity contribution is -0.121. The van der Waals surface area contributed by atoms with Gasteiger partial charge in [-0.15, -0.1) is 0 Å². The van der Waals surface area contributed by atoms with E-state index in [1.807, 2.05) is 42.0 Å². The molecule has 1 aromatic carbocycles. The molecule has 1 amide bonds. The third-order valence-electron chi connectivity index (χ3n) is 4.18. The van der Waals surface area contributed by atoms with Crippen molar-refractivity contribution in [1.29, 1.82) is 0 Å². The van der Waals surface area contributed by atoms with E-state index in [9.17, 15) is 4.79 Å². The summed E-state index contributed by atoms with van der Waals surface area (Å²) in [5.41, 5.74) is 0.848. The van der Waals surface area contributed by atoms with Crippen LogP contribution in [0, 0.1) is 0 Å². The number of hydrogen-bond donors (Lipinski definition) is 1. The molecule has 8 nitrogen and oxygen atoms in total. The van der Waals surface area contributed by atoms with Gasteiger partial charge in [-0.1, -0.05) is 5.16 Å². The predicted molar refractivity (Wildman–Crippen MR) is 104 cm³/mol. The molecule has 0 aliphatic heterocycles. The lowest BCUT2D eigenvalue weighted by atomic mass is 10.2. The van der Waals surface area contributed by atoms with Crippen LogP contribution in [0.2, 0.25) is 0 Å². The van der Waals surface area contributed by atoms with Gasteiger partial charge in [-0.3, -0.25) is 4.79 Å². The molecule has 2 aromatic heterocycles. The van der Waals surface area contributed by atoms with Crippen molar-refractivity contribution in [1.82, 2.24) is 25.0 Å². The first-order valence-corrected chi connectivity index (χ1v) is 9.53. The number of nitrogens with one attached hydrogen (secondary N) is 1. The summed E-state index contributed by atoms with van der Waals surface area (Å²) in [6, 6.07) is 7.51. The Morgan fingerprint density at radius 2 is 2.11 bits per heavy atom. The quantitative estimate of drug-likeness (QED) is 0.512. The zero-order valence-electron chi connectivity index (χ0n) is 16.0. The number of imidazole rings is 1. The molecule has 0 saturated heterocycles. The van der Waals surface area contributed by atoms with E-state index >= 15 is 0 Å². The maximum Gasteiger partial charge on any atom is 0.227 e. The maximum absolute atomic E-state index is 12.0. The van der Waals surface area contributed by atoms with Gasteiger partial charge in [-0.2, -0.15) is 4.98 Å². The Kier molecular flexibility index (Phi) is 7.17. The van der Waals surface area contributed by atoms with Crippen molar-refractivity contribution >= 4 is 5.91 Å². The maximum atomic E-state index is 12.0. The van der Waals surface area contributed by atoms with Crippen molar-refractivity contribution in [2.24, 2.45) is 0 Å². The molecule has 3 rings (SSSR count). The summed E-state index contributed by atoms with van der Waals surface area (Å²) in [4.78, 5) is 20.3. The summed E-state index contributed by atoms with van der Waals surface area (Å²) in [6.07, 6.45) is 8.16. The first-order valence-electron chi connectivity index (χ1n) is 9.53. The number of carbonyl (C=O) groups is 1. The molecule has 8 heteroatoms. The second-order valence-corrected chi connectivity index (χ2v) is 6.33. The number of amides is 1. The Hall–Kier alpha value is -3.16. The summed E-state index contributed by atoms with van der Waals surface area (Å²) in [6.45, 7) is 4.14. The van der Waals surface area contributed by atoms with Crippen molar-refractivity contribution in [2.75, 3.05) is 13.2 Å². The Labute approximate surface area is 163 Å². The van der Waals surface area contributed by atoms with Crippen LogP contribution in [-0.4, -0.2) is 38.8 Å². The normalized spacial score (nSPS) is 10.8. The van der Waals surface area contributed by atoms with Crippen LogP contribution in [0.1, 0.15) is 32.1 Å². The van der Waals surface area contributed by atoms with Gasteiger partial charge in [-0.25, -0.2) is 4.98 Å². The summed E-state index contributed by atoms with van der Waals surface area (Å²) in [7, 11) is 0. The van der Waals surface area contributed by atoms with E-state index < -0.39 is 0 Å². The lowest BCUT2D eigenvalue weighted by Gasteiger charge is -2.04. The van der Waals surface area contributed by atoms with Gasteiger partial charge in [-0.05, 0) is 44.0 Å². The van der Waals surface area contributed by atoms with E-state index in [0.29, 0.717) is 37.7 Å². The highest BCUT2D eigenvalue weighted by Crippen LogP contribution is 2.20. The fourth-order valence-corrected chi connectivity index (χ4v) is 2.72. The van der Waals surface area contributed by atoms with Crippen molar-refractivity contribution in [2.45, 2.75) is 39.2 Å². The molecular weight excluding hydrogens is 358 g/mol. The highest BCUT2D eigenvalue weighted by atomic mass is 16.5. The first-order chi connectivity index (χ1) is 13.7. The van der Waals surface area contributed by atoms with Crippen LogP contribution in [0.4, 0.5) is 0 Å². The second-order valence-electron chi connectivity index (χ2n) is 6.33. The van der Waals surface area contributed by atoms with Gasteiger partial charge in [0, 0.05) is 43.9 Å². The standard InChI is InChI=1S/C20H25N5O3/c1-2-27-17-7-5-16(6-8-17)20-23-19(28-24-20)10-9-18(26)22-11-3-4-13-25-14-12-21-15-25/h5-8,12,14-15H,2-4,9-11,13H2,1H3,(H,22,26). The smallest absolute Gasteiger partial charge is 0.227 e. The molecule has 0 atom stereocenters. The van der Waals surface area contributed by atoms with Gasteiger partial charge in [0.25, 0.3) is 0 Å². The SMILES string of the molecule is CCOc1ccc(-c2noc(CCC(=O)NCCCCn3ccnc3)n2)cc1. The van der Waals surface area contributed by atoms with E-state index in [1.165, 1.54) is 0 Å². The number of ether oxygens (including phenoxy) is 1. The number of aromatic nitrogens is 4. The molecule has 1 N–H and O–H groups in total. The number of nitrogens with zero attached hydrogens (tertiary/aromatic N) is 4. The minimum absolute atomic E-state index is 0.0107. The minimum Gasteiger partial charge on any atom is -0.494 e. The zero-order chi connectivity index (χ0) is 19.6. The highest BCUT2D eigenvalue weighted by molar-refractivity contribution is 5.75. The molecule has 0 aliphatic carbocycles. The number of rotatable bonds is 11. The van der Waals surface area contributed by atoms with Gasteiger partial charge in [0.1, 0.15) is 5.75 Å². The Balaban J connectivity index is 1.36. The van der Waals surface area contributed by atoms with Crippen molar-refractivity contribution in [3.05, 3.63) is 48.9 Å². The molecule has 0 fully saturated rings. The second kappa shape index (κ2) is 10.2. The zero-order valence-corrected chi connectivity index (χ0v) is 16.0. The van der Waals surface area contributed by atoms with Gasteiger partial charge in [0.2, 0.25) is 17.6 Å². The molecule has 2 heterocycles. The van der Waals surface area contributed by atoms with Crippen LogP contribution in [0.3, 0.4) is 0 Å². The van der Waals surface area contributed by atoms with E-state index in [0.717, 1.165) is 30.7 Å². The van der Waals surface area contributed by atoms with Gasteiger partial charge < -0.3 is 19.1 Å². The summed E-state index contributed by atoms with van der Waals surface area (Å²) in [5.74, 6) is 1.76. The van der Waals surface area contributed by atoms with Gasteiger partial charge in [0.15, 0.2) is 0 Å². The average Bonchev–Trinajstić information content (AvgIpc) is 3.39. The topological polar surface area (TPSA) is 95.1 Å². The predicted octanol–water partition coefficient (Wildman–Crippen LogP) is 2.86. The fraction of sp³-hybridized carbons (Fsp3) is 0.400. The third-order valence-corrected chi connectivity index (χ3v) is 4.18. The molecule has 0 spiro atoms. The largest absolute Gasteiger partial charge is 0.494 e. The Bertz CT molecular complexity index is 843. The number of carbonyl (C=O) groups excluding carboxylic acids is 1. The lowest BCUT2D eigenvalue weighted by Crippen LogP contribution is -2.24. The number of unbranched alkanes of at least 4 members (excludes halogenated alkanes) is 1. The minimum atomic E-state index is -0.0107. The molecule has 0 aliphatic rings. The number of benzene rings is 1. The Morgan fingerprint density at radius 3 is 2.86 bits per heavy atom. The van der Waals surface area contributed by atoms with Gasteiger partial charge >= 0.3 is 0 Å². The fourth-order valence-electron chi connectivity index (χ4n) is 2.72. The van der Waals surface area contributed by atoms with Crippen LogP contribution in [-0.2, 0) is 17.8 Å². The molecule has 148 valence electrons. The summed E-state index contributed by atoms with van der Waals surface area (Å²) < 4.78 is 12.7. The molecule has 0 radical (unpaired) electrons. The Morgan fingerprint density at radius 1 is 1.25 bits per heavy atom. The molecule has 0 saturated carbocycles. The highest BCUT2D eigenvalue weighted by Gasteiger charge is 2.10. The van der Waals surface area contributed by atoms with Crippen molar-refractivity contribution in [3.8, 4) is 17.1 Å². The molecule has 28 heavy (non-hydrogen) atoms. The van der Waals surface area contributed by atoms with Crippen LogP contribution < -0.4 is 10.1 Å². The van der Waals surface area contributed by atoms with Crippen LogP contribution in [0.5, 0.6) is 5.75 Å². The van der Waals surface area contributed by atoms with Crippen LogP contribution in [0.15, 0.2) is 47.5 Å². The molecular formula is C20H25N5O3. The number of hydrogen-bond acceptors (Lipinski definition) is 6. The van der Waals surface area contributed by atoms with Gasteiger partial charge in [0.05, 0.1) is 12.9 Å². The molecule has 0 bridgehead atoms. The van der Waals surface area contributed by atoms with E-state index in [4.69, 9.17) is 9.26 Å². The van der Waals surface area contributed by atoms with Crippen molar-refractivity contribution < 1.29 is 14.1 Å². The summed E-state index contributed by atoms with van der Waals surface area (Å²) in [5, 5.41) is 6.91. The monoisotopic (exact) mass is 383 g/mol. The van der Waals surface area contributed by atoms with E-state index in [1.54, 1.807) is 12.5 Å². The third kappa shape index (κ3) is 5.94. The van der Waals surface area contributed by atoms with Crippen LogP contribution >= 0.6 is 0 Å². The van der Waals surface area contributed by atoms with E-state index in [2.05, 4.69) is 20.4 Å². The number of aryl methyl sites for hydroxylation is 2. The van der Waals surface area contributed by atoms with Crippen molar-refractivity contribution in [3.63, 3.8) is 0 Å². The average molecular weight is 383 g/mol. The molecule has 0 unspecified atom stereocenters.